The Kier molecular flexibility index (Phi) is 6.06. The van der Waals surface area contributed by atoms with Crippen molar-refractivity contribution in [3.63, 3.8) is 0 Å². The third kappa shape index (κ3) is 4.77. The predicted molar refractivity (Wildman–Crippen MR) is 115 cm³/mol. The number of hydrogen-bond acceptors (Lipinski definition) is 5. The number of benzene rings is 3. The first kappa shape index (κ1) is 21.5. The largest absolute Gasteiger partial charge is 0.419 e. The molecule has 0 fully saturated rings. The molecule has 0 amide bonds. The third-order valence-corrected chi connectivity index (χ3v) is 6.35. The summed E-state index contributed by atoms with van der Waals surface area (Å²) in [6, 6.07) is 17.7. The molecule has 31 heavy (non-hydrogen) atoms. The molecule has 0 saturated heterocycles. The van der Waals surface area contributed by atoms with Crippen LogP contribution in [0.3, 0.4) is 0 Å². The van der Waals surface area contributed by atoms with Gasteiger partial charge in [0.2, 0.25) is 21.8 Å². The molecule has 4 rings (SSSR count). The van der Waals surface area contributed by atoms with Crippen LogP contribution in [0.1, 0.15) is 17.5 Å². The van der Waals surface area contributed by atoms with Crippen LogP contribution in [0.25, 0.3) is 11.5 Å². The molecule has 0 bridgehead atoms. The van der Waals surface area contributed by atoms with E-state index < -0.39 is 21.9 Å². The highest BCUT2D eigenvalue weighted by Crippen LogP contribution is 2.28. The maximum Gasteiger partial charge on any atom is 0.247 e. The highest BCUT2D eigenvalue weighted by molar-refractivity contribution is 7.89. The molecule has 4 aromatic rings. The molecule has 0 saturated carbocycles. The normalized spacial score (nSPS) is 12.6. The van der Waals surface area contributed by atoms with Crippen molar-refractivity contribution in [2.24, 2.45) is 0 Å². The summed E-state index contributed by atoms with van der Waals surface area (Å²) in [5.74, 6) is -0.462. The minimum Gasteiger partial charge on any atom is -0.419 e. The molecular weight excluding hydrogens is 464 g/mol. The van der Waals surface area contributed by atoms with Crippen LogP contribution >= 0.6 is 23.2 Å². The van der Waals surface area contributed by atoms with E-state index in [4.69, 9.17) is 27.6 Å². The molecule has 1 atom stereocenters. The average molecular weight is 478 g/mol. The molecule has 0 aliphatic carbocycles. The van der Waals surface area contributed by atoms with Crippen molar-refractivity contribution in [3.8, 4) is 11.5 Å². The first-order valence-corrected chi connectivity index (χ1v) is 11.2. The number of nitrogens with zero attached hydrogens (tertiary/aromatic N) is 2. The van der Waals surface area contributed by atoms with Gasteiger partial charge in [0, 0.05) is 10.6 Å². The SMILES string of the molecule is O=S(=O)(N[C@H](c1ccc(Cl)cc1)c1nnc(-c2ccccc2)o1)c1ccc(F)c(Cl)c1. The van der Waals surface area contributed by atoms with Gasteiger partial charge in [0.1, 0.15) is 11.9 Å². The molecule has 0 radical (unpaired) electrons. The first-order chi connectivity index (χ1) is 14.8. The highest BCUT2D eigenvalue weighted by atomic mass is 35.5. The van der Waals surface area contributed by atoms with Gasteiger partial charge in [-0.1, -0.05) is 53.5 Å². The van der Waals surface area contributed by atoms with Crippen molar-refractivity contribution < 1.29 is 17.2 Å². The maximum atomic E-state index is 13.5. The van der Waals surface area contributed by atoms with Crippen molar-refractivity contribution in [3.05, 3.63) is 100 Å². The van der Waals surface area contributed by atoms with Gasteiger partial charge < -0.3 is 4.42 Å². The molecule has 3 aromatic carbocycles. The van der Waals surface area contributed by atoms with Crippen molar-refractivity contribution in [1.82, 2.24) is 14.9 Å². The smallest absolute Gasteiger partial charge is 0.247 e. The topological polar surface area (TPSA) is 85.1 Å². The fourth-order valence-corrected chi connectivity index (χ4v) is 4.41. The number of nitrogens with one attached hydrogen (secondary N) is 1. The molecular formula is C21H14Cl2FN3O3S. The summed E-state index contributed by atoms with van der Waals surface area (Å²) < 4.78 is 47.8. The molecule has 158 valence electrons. The van der Waals surface area contributed by atoms with Crippen LogP contribution < -0.4 is 4.72 Å². The molecule has 1 N–H and O–H groups in total. The number of aromatic nitrogens is 2. The van der Waals surface area contributed by atoms with E-state index in [1.54, 1.807) is 36.4 Å². The Hall–Kier alpha value is -2.78. The van der Waals surface area contributed by atoms with Gasteiger partial charge in [0.25, 0.3) is 0 Å². The molecule has 1 aromatic heterocycles. The molecule has 6 nitrogen and oxygen atoms in total. The average Bonchev–Trinajstić information content (AvgIpc) is 3.25. The van der Waals surface area contributed by atoms with E-state index in [1.807, 2.05) is 18.2 Å². The lowest BCUT2D eigenvalue weighted by molar-refractivity contribution is 0.464. The minimum absolute atomic E-state index is 0.0259. The van der Waals surface area contributed by atoms with Crippen molar-refractivity contribution in [2.45, 2.75) is 10.9 Å². The molecule has 0 aliphatic heterocycles. The van der Waals surface area contributed by atoms with Gasteiger partial charge >= 0.3 is 0 Å². The van der Waals surface area contributed by atoms with Crippen LogP contribution in [-0.2, 0) is 10.0 Å². The van der Waals surface area contributed by atoms with E-state index in [2.05, 4.69) is 14.9 Å². The second kappa shape index (κ2) is 8.76. The summed E-state index contributed by atoms with van der Waals surface area (Å²) >= 11 is 11.7. The standard InChI is InChI=1S/C21H14Cl2FN3O3S/c22-15-8-6-13(7-9-15)19(21-26-25-20(30-21)14-4-2-1-3-5-14)27-31(28,29)16-10-11-18(24)17(23)12-16/h1-12,19,27H/t19-/m1/s1. The Morgan fingerprint density at radius 3 is 2.32 bits per heavy atom. The number of halogens is 3. The van der Waals surface area contributed by atoms with Crippen LogP contribution in [0.15, 0.2) is 82.1 Å². The quantitative estimate of drug-likeness (QED) is 0.409. The van der Waals surface area contributed by atoms with Crippen LogP contribution in [0.5, 0.6) is 0 Å². The van der Waals surface area contributed by atoms with E-state index in [1.165, 1.54) is 0 Å². The summed E-state index contributed by atoms with van der Waals surface area (Å²) in [5.41, 5.74) is 1.20. The molecule has 0 spiro atoms. The summed E-state index contributed by atoms with van der Waals surface area (Å²) in [4.78, 5) is -0.208. The van der Waals surface area contributed by atoms with Crippen molar-refractivity contribution in [2.75, 3.05) is 0 Å². The Balaban J connectivity index is 1.74. The van der Waals surface area contributed by atoms with Gasteiger partial charge in [-0.05, 0) is 48.0 Å². The number of hydrogen-bond donors (Lipinski definition) is 1. The van der Waals surface area contributed by atoms with Crippen LogP contribution in [0, 0.1) is 5.82 Å². The van der Waals surface area contributed by atoms with E-state index in [0.717, 1.165) is 18.2 Å². The van der Waals surface area contributed by atoms with E-state index in [0.29, 0.717) is 16.1 Å². The molecule has 0 aliphatic rings. The van der Waals surface area contributed by atoms with E-state index in [9.17, 15) is 12.8 Å². The monoisotopic (exact) mass is 477 g/mol. The third-order valence-electron chi connectivity index (χ3n) is 4.39. The fraction of sp³-hybridized carbons (Fsp3) is 0.0476. The molecule has 0 unspecified atom stereocenters. The second-order valence-corrected chi connectivity index (χ2v) is 9.05. The zero-order valence-corrected chi connectivity index (χ0v) is 18.0. The minimum atomic E-state index is -4.12. The Bertz CT molecular complexity index is 1310. The van der Waals surface area contributed by atoms with Crippen LogP contribution in [0.4, 0.5) is 4.39 Å². The van der Waals surface area contributed by atoms with Gasteiger partial charge in [0.05, 0.1) is 9.92 Å². The van der Waals surface area contributed by atoms with Gasteiger partial charge in [-0.3, -0.25) is 0 Å². The van der Waals surface area contributed by atoms with E-state index in [-0.39, 0.29) is 21.7 Å². The van der Waals surface area contributed by atoms with Crippen LogP contribution in [-0.4, -0.2) is 18.6 Å². The van der Waals surface area contributed by atoms with E-state index >= 15 is 0 Å². The molecule has 10 heteroatoms. The Morgan fingerprint density at radius 2 is 1.65 bits per heavy atom. The summed E-state index contributed by atoms with van der Waals surface area (Å²) in [5, 5.41) is 8.24. The highest BCUT2D eigenvalue weighted by Gasteiger charge is 2.28. The van der Waals surface area contributed by atoms with Gasteiger partial charge in [-0.2, -0.15) is 4.72 Å². The predicted octanol–water partition coefficient (Wildman–Crippen LogP) is 5.25. The van der Waals surface area contributed by atoms with Crippen LogP contribution in [0.2, 0.25) is 10.0 Å². The Morgan fingerprint density at radius 1 is 0.935 bits per heavy atom. The molecule has 1 heterocycles. The first-order valence-electron chi connectivity index (χ1n) is 8.95. The number of sulfonamides is 1. The lowest BCUT2D eigenvalue weighted by Gasteiger charge is -2.16. The lowest BCUT2D eigenvalue weighted by atomic mass is 10.1. The summed E-state index contributed by atoms with van der Waals surface area (Å²) in [7, 11) is -4.12. The van der Waals surface area contributed by atoms with Crippen molar-refractivity contribution in [1.29, 1.82) is 0 Å². The van der Waals surface area contributed by atoms with Gasteiger partial charge in [-0.25, -0.2) is 12.8 Å². The zero-order chi connectivity index (χ0) is 22.0. The summed E-state index contributed by atoms with van der Waals surface area (Å²) in [6.07, 6.45) is 0. The van der Waals surface area contributed by atoms with Crippen molar-refractivity contribution >= 4 is 33.2 Å². The van der Waals surface area contributed by atoms with Gasteiger partial charge in [-0.15, -0.1) is 10.2 Å². The zero-order valence-electron chi connectivity index (χ0n) is 15.7. The number of rotatable bonds is 6. The second-order valence-electron chi connectivity index (χ2n) is 6.49. The summed E-state index contributed by atoms with van der Waals surface area (Å²) in [6.45, 7) is 0. The fourth-order valence-electron chi connectivity index (χ4n) is 2.83. The lowest BCUT2D eigenvalue weighted by Crippen LogP contribution is -2.29. The maximum absolute atomic E-state index is 13.5. The van der Waals surface area contributed by atoms with Gasteiger partial charge in [0.15, 0.2) is 0 Å². The Labute approximate surface area is 187 Å².